The van der Waals surface area contributed by atoms with Gasteiger partial charge < -0.3 is 10.2 Å². The summed E-state index contributed by atoms with van der Waals surface area (Å²) in [7, 11) is -4.01. The van der Waals surface area contributed by atoms with Crippen LogP contribution in [-0.2, 0) is 10.0 Å². The second kappa shape index (κ2) is 4.43. The van der Waals surface area contributed by atoms with Crippen LogP contribution in [0.15, 0.2) is 45.9 Å². The molecule has 2 heterocycles. The first-order valence-corrected chi connectivity index (χ1v) is 7.33. The lowest BCUT2D eigenvalue weighted by Crippen LogP contribution is -2.14. The number of aromatic nitrogens is 2. The number of benzene rings is 1. The summed E-state index contributed by atoms with van der Waals surface area (Å²) in [6.45, 7) is 0. The molecule has 0 radical (unpaired) electrons. The van der Waals surface area contributed by atoms with Crippen LogP contribution in [0.2, 0.25) is 0 Å². The molecule has 8 nitrogen and oxygen atoms in total. The standard InChI is InChI=1S/C12H10N4O4S/c13-11-7-3-1-2-4-8(7)16(15-11)12(17)9-5-6-10(20-9)21(14,18)19/h1-6H,(H2,13,15)(H2,14,18,19). The number of nitrogen functional groups attached to an aromatic ring is 1. The van der Waals surface area contributed by atoms with Gasteiger partial charge in [0, 0.05) is 5.39 Å². The average molecular weight is 306 g/mol. The fourth-order valence-corrected chi connectivity index (χ4v) is 2.40. The summed E-state index contributed by atoms with van der Waals surface area (Å²) in [5, 5.41) is 8.99. The molecule has 0 spiro atoms. The van der Waals surface area contributed by atoms with Gasteiger partial charge in [-0.25, -0.2) is 13.6 Å². The van der Waals surface area contributed by atoms with Crippen molar-refractivity contribution in [2.45, 2.75) is 5.09 Å². The van der Waals surface area contributed by atoms with E-state index in [1.807, 2.05) is 0 Å². The van der Waals surface area contributed by atoms with Crippen molar-refractivity contribution in [3.63, 3.8) is 0 Å². The lowest BCUT2D eigenvalue weighted by Gasteiger charge is -1.98. The van der Waals surface area contributed by atoms with Gasteiger partial charge in [0.2, 0.25) is 5.09 Å². The highest BCUT2D eigenvalue weighted by molar-refractivity contribution is 7.89. The predicted octanol–water partition coefficient (Wildman–Crippen LogP) is 0.547. The first-order chi connectivity index (χ1) is 9.88. The summed E-state index contributed by atoms with van der Waals surface area (Å²) in [4.78, 5) is 12.3. The minimum absolute atomic E-state index is 0.192. The average Bonchev–Trinajstić information content (AvgIpc) is 3.04. The van der Waals surface area contributed by atoms with E-state index in [4.69, 9.17) is 15.3 Å². The highest BCUT2D eigenvalue weighted by atomic mass is 32.2. The molecule has 0 aliphatic rings. The van der Waals surface area contributed by atoms with Crippen molar-refractivity contribution < 1.29 is 17.6 Å². The van der Waals surface area contributed by atoms with Crippen LogP contribution in [0.4, 0.5) is 5.82 Å². The number of hydrogen-bond acceptors (Lipinski definition) is 6. The van der Waals surface area contributed by atoms with Gasteiger partial charge in [0.05, 0.1) is 5.52 Å². The van der Waals surface area contributed by atoms with Crippen molar-refractivity contribution >= 4 is 32.7 Å². The van der Waals surface area contributed by atoms with Gasteiger partial charge in [0.15, 0.2) is 11.6 Å². The largest absolute Gasteiger partial charge is 0.438 e. The monoisotopic (exact) mass is 306 g/mol. The Morgan fingerprint density at radius 3 is 2.57 bits per heavy atom. The van der Waals surface area contributed by atoms with Gasteiger partial charge in [-0.05, 0) is 24.3 Å². The molecule has 0 saturated carbocycles. The molecule has 9 heteroatoms. The molecule has 3 rings (SSSR count). The van der Waals surface area contributed by atoms with Crippen molar-refractivity contribution in [1.82, 2.24) is 9.78 Å². The van der Waals surface area contributed by atoms with E-state index in [0.29, 0.717) is 10.9 Å². The molecule has 0 bridgehead atoms. The highest BCUT2D eigenvalue weighted by Gasteiger charge is 2.21. The molecule has 0 fully saturated rings. The summed E-state index contributed by atoms with van der Waals surface area (Å²) in [5.74, 6) is -0.651. The number of carbonyl (C=O) groups is 1. The lowest BCUT2D eigenvalue weighted by molar-refractivity contribution is 0.0917. The molecular weight excluding hydrogens is 296 g/mol. The molecule has 1 aromatic carbocycles. The SMILES string of the molecule is Nc1nn(C(=O)c2ccc(S(N)(=O)=O)o2)c2ccccc12. The number of rotatable bonds is 2. The Balaban J connectivity index is 2.11. The highest BCUT2D eigenvalue weighted by Crippen LogP contribution is 2.22. The first-order valence-electron chi connectivity index (χ1n) is 5.78. The van der Waals surface area contributed by atoms with Gasteiger partial charge in [-0.15, -0.1) is 5.10 Å². The Hall–Kier alpha value is -2.65. The van der Waals surface area contributed by atoms with E-state index in [2.05, 4.69) is 5.10 Å². The van der Waals surface area contributed by atoms with Crippen LogP contribution in [-0.4, -0.2) is 24.1 Å². The van der Waals surface area contributed by atoms with E-state index < -0.39 is 21.0 Å². The van der Waals surface area contributed by atoms with Gasteiger partial charge >= 0.3 is 5.91 Å². The van der Waals surface area contributed by atoms with Gasteiger partial charge in [-0.3, -0.25) is 4.79 Å². The molecule has 108 valence electrons. The number of nitrogens with two attached hydrogens (primary N) is 2. The molecule has 0 saturated heterocycles. The first kappa shape index (κ1) is 13.3. The third-order valence-electron chi connectivity index (χ3n) is 2.88. The van der Waals surface area contributed by atoms with E-state index in [-0.39, 0.29) is 11.6 Å². The Bertz CT molecular complexity index is 955. The van der Waals surface area contributed by atoms with Crippen LogP contribution >= 0.6 is 0 Å². The van der Waals surface area contributed by atoms with E-state index in [0.717, 1.165) is 10.7 Å². The van der Waals surface area contributed by atoms with E-state index in [9.17, 15) is 13.2 Å². The molecular formula is C12H10N4O4S. The van der Waals surface area contributed by atoms with Crippen LogP contribution in [0, 0.1) is 0 Å². The maximum atomic E-state index is 12.3. The number of anilines is 1. The molecule has 0 aliphatic carbocycles. The maximum Gasteiger partial charge on any atom is 0.314 e. The molecule has 4 N–H and O–H groups in total. The molecule has 0 atom stereocenters. The van der Waals surface area contributed by atoms with Crippen LogP contribution in [0.25, 0.3) is 10.9 Å². The number of nitrogens with zero attached hydrogens (tertiary/aromatic N) is 2. The second-order valence-corrected chi connectivity index (χ2v) is 5.78. The van der Waals surface area contributed by atoms with Crippen LogP contribution in [0.1, 0.15) is 10.6 Å². The van der Waals surface area contributed by atoms with Crippen LogP contribution < -0.4 is 10.9 Å². The van der Waals surface area contributed by atoms with E-state index in [1.54, 1.807) is 24.3 Å². The number of hydrogen-bond donors (Lipinski definition) is 2. The van der Waals surface area contributed by atoms with Crippen molar-refractivity contribution in [3.8, 4) is 0 Å². The Kier molecular flexibility index (Phi) is 2.81. The van der Waals surface area contributed by atoms with Crippen molar-refractivity contribution in [2.24, 2.45) is 5.14 Å². The molecule has 0 unspecified atom stereocenters. The maximum absolute atomic E-state index is 12.3. The summed E-state index contributed by atoms with van der Waals surface area (Å²) in [6, 6.07) is 9.21. The zero-order chi connectivity index (χ0) is 15.2. The number of primary sulfonamides is 1. The Labute approximate surface area is 119 Å². The topological polar surface area (TPSA) is 134 Å². The Morgan fingerprint density at radius 1 is 1.19 bits per heavy atom. The molecule has 2 aromatic heterocycles. The fourth-order valence-electron chi connectivity index (χ4n) is 1.94. The summed E-state index contributed by atoms with van der Waals surface area (Å²) < 4.78 is 28.3. The zero-order valence-corrected chi connectivity index (χ0v) is 11.4. The van der Waals surface area contributed by atoms with Crippen molar-refractivity contribution in [3.05, 3.63) is 42.2 Å². The molecule has 0 aliphatic heterocycles. The second-order valence-electron chi connectivity index (χ2n) is 4.28. The molecule has 21 heavy (non-hydrogen) atoms. The Morgan fingerprint density at radius 2 is 1.90 bits per heavy atom. The smallest absolute Gasteiger partial charge is 0.314 e. The lowest BCUT2D eigenvalue weighted by atomic mass is 10.2. The van der Waals surface area contributed by atoms with Gasteiger partial charge in [-0.2, -0.15) is 4.68 Å². The number of furan rings is 1. The van der Waals surface area contributed by atoms with E-state index >= 15 is 0 Å². The van der Waals surface area contributed by atoms with Crippen LogP contribution in [0.3, 0.4) is 0 Å². The molecule has 3 aromatic rings. The van der Waals surface area contributed by atoms with Gasteiger partial charge in [-0.1, -0.05) is 12.1 Å². The van der Waals surface area contributed by atoms with Crippen molar-refractivity contribution in [1.29, 1.82) is 0 Å². The molecule has 0 amide bonds. The van der Waals surface area contributed by atoms with Crippen molar-refractivity contribution in [2.75, 3.05) is 5.73 Å². The van der Waals surface area contributed by atoms with Gasteiger partial charge in [0.1, 0.15) is 0 Å². The minimum atomic E-state index is -4.01. The predicted molar refractivity (Wildman–Crippen MR) is 74.0 cm³/mol. The van der Waals surface area contributed by atoms with Gasteiger partial charge in [0.25, 0.3) is 10.0 Å². The number of fused-ring (bicyclic) bond motifs is 1. The number of carbonyl (C=O) groups excluding carboxylic acids is 1. The fraction of sp³-hybridized carbons (Fsp3) is 0. The normalized spacial score (nSPS) is 11.9. The number of para-hydroxylation sites is 1. The summed E-state index contributed by atoms with van der Waals surface area (Å²) in [5.41, 5.74) is 6.23. The zero-order valence-electron chi connectivity index (χ0n) is 10.6. The van der Waals surface area contributed by atoms with Crippen LogP contribution in [0.5, 0.6) is 0 Å². The minimum Gasteiger partial charge on any atom is -0.438 e. The number of sulfonamides is 1. The quantitative estimate of drug-likeness (QED) is 0.709. The third kappa shape index (κ3) is 2.18. The summed E-state index contributed by atoms with van der Waals surface area (Å²) in [6.07, 6.45) is 0. The van der Waals surface area contributed by atoms with E-state index in [1.165, 1.54) is 6.07 Å². The third-order valence-corrected chi connectivity index (χ3v) is 3.66. The summed E-state index contributed by atoms with van der Waals surface area (Å²) >= 11 is 0.